The molecule has 0 atom stereocenters. The van der Waals surface area contributed by atoms with E-state index in [1.54, 1.807) is 22.6 Å². The lowest BCUT2D eigenvalue weighted by molar-refractivity contribution is 0.0814. The Morgan fingerprint density at radius 3 is 2.41 bits per heavy atom. The summed E-state index contributed by atoms with van der Waals surface area (Å²) in [7, 11) is 0. The number of para-hydroxylation sites is 1. The number of benzene rings is 3. The van der Waals surface area contributed by atoms with Gasteiger partial charge in [0.25, 0.3) is 5.78 Å². The van der Waals surface area contributed by atoms with Gasteiger partial charge in [-0.05, 0) is 24.3 Å². The number of carbonyl (C=O) groups excluding carboxylic acids is 2. The molecule has 2 aromatic heterocycles. The zero-order valence-electron chi connectivity index (χ0n) is 15.0. The first-order valence-electron chi connectivity index (χ1n) is 8.93. The fraction of sp³-hybridized carbons (Fsp3) is 0. The van der Waals surface area contributed by atoms with Crippen LogP contribution in [0.2, 0.25) is 5.02 Å². The number of ketones is 2. The van der Waals surface area contributed by atoms with Gasteiger partial charge in [-0.3, -0.25) is 14.0 Å². The molecular formula is C23H13ClN2O2S. The van der Waals surface area contributed by atoms with E-state index in [0.717, 1.165) is 15.8 Å². The van der Waals surface area contributed by atoms with Gasteiger partial charge in [-0.25, -0.2) is 4.98 Å². The maximum absolute atomic E-state index is 13.4. The second-order valence-corrected chi connectivity index (χ2v) is 7.98. The summed E-state index contributed by atoms with van der Waals surface area (Å²) in [5.74, 6) is -1.22. The van der Waals surface area contributed by atoms with E-state index < -0.39 is 11.6 Å². The zero-order chi connectivity index (χ0) is 20.0. The summed E-state index contributed by atoms with van der Waals surface area (Å²) in [5.41, 5.74) is 2.67. The predicted octanol–water partition coefficient (Wildman–Crippen LogP) is 5.94. The highest BCUT2D eigenvalue weighted by Gasteiger charge is 2.28. The number of hydrogen-bond donors (Lipinski definition) is 0. The van der Waals surface area contributed by atoms with Crippen molar-refractivity contribution in [1.29, 1.82) is 0 Å². The highest BCUT2D eigenvalue weighted by molar-refractivity contribution is 7.23. The summed E-state index contributed by atoms with van der Waals surface area (Å²) in [6, 6.07) is 23.6. The highest BCUT2D eigenvalue weighted by Crippen LogP contribution is 2.33. The minimum atomic E-state index is -0.609. The van der Waals surface area contributed by atoms with Gasteiger partial charge >= 0.3 is 0 Å². The molecule has 0 fully saturated rings. The lowest BCUT2D eigenvalue weighted by Gasteiger charge is -2.05. The van der Waals surface area contributed by atoms with Gasteiger partial charge in [0.2, 0.25) is 5.78 Å². The van der Waals surface area contributed by atoms with Crippen molar-refractivity contribution in [2.75, 3.05) is 0 Å². The van der Waals surface area contributed by atoms with E-state index in [1.807, 2.05) is 54.6 Å². The van der Waals surface area contributed by atoms with Crippen molar-refractivity contribution >= 4 is 49.7 Å². The van der Waals surface area contributed by atoms with E-state index in [9.17, 15) is 9.59 Å². The van der Waals surface area contributed by atoms with Crippen LogP contribution in [0.15, 0.2) is 78.9 Å². The van der Waals surface area contributed by atoms with Crippen LogP contribution in [0.3, 0.4) is 0 Å². The largest absolute Gasteiger partial charge is 0.285 e. The number of halogens is 1. The Balaban J connectivity index is 1.78. The van der Waals surface area contributed by atoms with Crippen molar-refractivity contribution in [1.82, 2.24) is 9.38 Å². The van der Waals surface area contributed by atoms with E-state index in [0.29, 0.717) is 15.7 Å². The van der Waals surface area contributed by atoms with Crippen molar-refractivity contribution in [3.8, 4) is 11.3 Å². The Morgan fingerprint density at radius 2 is 1.62 bits per heavy atom. The molecule has 0 aliphatic carbocycles. The fourth-order valence-corrected chi connectivity index (χ4v) is 4.61. The highest BCUT2D eigenvalue weighted by atomic mass is 35.5. The molecule has 0 N–H and O–H groups in total. The number of hydrogen-bond acceptors (Lipinski definition) is 4. The zero-order valence-corrected chi connectivity index (χ0v) is 16.6. The Bertz CT molecular complexity index is 1400. The Morgan fingerprint density at radius 1 is 0.862 bits per heavy atom. The van der Waals surface area contributed by atoms with Gasteiger partial charge < -0.3 is 0 Å². The van der Waals surface area contributed by atoms with Crippen molar-refractivity contribution in [2.24, 2.45) is 0 Å². The third-order valence-electron chi connectivity index (χ3n) is 4.71. The molecule has 0 aliphatic heterocycles. The number of rotatable bonds is 4. The van der Waals surface area contributed by atoms with Gasteiger partial charge in [-0.15, -0.1) is 0 Å². The average molecular weight is 417 g/mol. The van der Waals surface area contributed by atoms with E-state index in [-0.39, 0.29) is 11.3 Å². The summed E-state index contributed by atoms with van der Waals surface area (Å²) in [6.45, 7) is 0. The van der Waals surface area contributed by atoms with Crippen molar-refractivity contribution in [2.45, 2.75) is 0 Å². The Hall–Kier alpha value is -3.28. The van der Waals surface area contributed by atoms with Gasteiger partial charge in [0.05, 0.1) is 10.2 Å². The molecule has 6 heteroatoms. The van der Waals surface area contributed by atoms with E-state index in [1.165, 1.54) is 17.4 Å². The summed E-state index contributed by atoms with van der Waals surface area (Å²) in [4.78, 5) is 31.8. The second kappa shape index (κ2) is 6.95. The van der Waals surface area contributed by atoms with Crippen LogP contribution in [-0.4, -0.2) is 21.0 Å². The topological polar surface area (TPSA) is 51.4 Å². The number of imidazole rings is 1. The molecule has 0 saturated carbocycles. The average Bonchev–Trinajstić information content (AvgIpc) is 3.29. The van der Waals surface area contributed by atoms with E-state index in [2.05, 4.69) is 0 Å². The molecule has 5 aromatic rings. The number of aromatic nitrogens is 2. The van der Waals surface area contributed by atoms with Gasteiger partial charge in [-0.2, -0.15) is 0 Å². The van der Waals surface area contributed by atoms with Crippen molar-refractivity contribution < 1.29 is 9.59 Å². The predicted molar refractivity (Wildman–Crippen MR) is 116 cm³/mol. The summed E-state index contributed by atoms with van der Waals surface area (Å²) >= 11 is 7.51. The molecule has 3 aromatic carbocycles. The van der Waals surface area contributed by atoms with Crippen molar-refractivity contribution in [3.63, 3.8) is 0 Å². The monoisotopic (exact) mass is 416 g/mol. The molecule has 140 valence electrons. The molecule has 5 rings (SSSR count). The lowest BCUT2D eigenvalue weighted by atomic mass is 10.0. The smallest absolute Gasteiger partial charge is 0.252 e. The van der Waals surface area contributed by atoms with Crippen LogP contribution in [0, 0.1) is 0 Å². The molecule has 0 radical (unpaired) electrons. The van der Waals surface area contributed by atoms with Crippen LogP contribution in [-0.2, 0) is 0 Å². The molecule has 0 spiro atoms. The molecular weight excluding hydrogens is 404 g/mol. The molecule has 2 heterocycles. The lowest BCUT2D eigenvalue weighted by Crippen LogP contribution is -2.17. The summed E-state index contributed by atoms with van der Waals surface area (Å²) in [5, 5.41) is 0.409. The van der Waals surface area contributed by atoms with Gasteiger partial charge in [0.15, 0.2) is 4.96 Å². The number of fused-ring (bicyclic) bond motifs is 3. The van der Waals surface area contributed by atoms with E-state index >= 15 is 0 Å². The normalized spacial score (nSPS) is 11.2. The molecule has 0 amide bonds. The minimum absolute atomic E-state index is 0.260. The maximum Gasteiger partial charge on any atom is 0.252 e. The number of nitrogens with zero attached hydrogens (tertiary/aromatic N) is 2. The quantitative estimate of drug-likeness (QED) is 0.269. The SMILES string of the molecule is O=C(C(=O)c1c(-c2ccccc2)nc2sc3ccccc3n12)c1cccc(Cl)c1. The molecule has 4 nitrogen and oxygen atoms in total. The van der Waals surface area contributed by atoms with Crippen LogP contribution >= 0.6 is 22.9 Å². The van der Waals surface area contributed by atoms with E-state index in [4.69, 9.17) is 16.6 Å². The molecule has 0 bridgehead atoms. The Labute approximate surface area is 175 Å². The van der Waals surface area contributed by atoms with Gasteiger partial charge in [0.1, 0.15) is 11.4 Å². The molecule has 0 aliphatic rings. The summed E-state index contributed by atoms with van der Waals surface area (Å²) in [6.07, 6.45) is 0. The van der Waals surface area contributed by atoms with Gasteiger partial charge in [-0.1, -0.05) is 77.5 Å². The molecule has 29 heavy (non-hydrogen) atoms. The Kier molecular flexibility index (Phi) is 4.27. The second-order valence-electron chi connectivity index (χ2n) is 6.53. The first kappa shape index (κ1) is 17.8. The van der Waals surface area contributed by atoms with Crippen molar-refractivity contribution in [3.05, 3.63) is 95.1 Å². The first-order valence-corrected chi connectivity index (χ1v) is 10.1. The number of thiazole rings is 1. The van der Waals surface area contributed by atoms with Gasteiger partial charge in [0, 0.05) is 16.1 Å². The standard InChI is InChI=1S/C23H13ClN2O2S/c24-16-10-6-9-15(13-16)21(27)22(28)20-19(14-7-2-1-3-8-14)25-23-26(20)17-11-4-5-12-18(17)29-23/h1-13H. The third-order valence-corrected chi connectivity index (χ3v) is 5.97. The maximum atomic E-state index is 13.4. The molecule has 0 unspecified atom stereocenters. The third kappa shape index (κ3) is 2.95. The van der Waals surface area contributed by atoms with Crippen LogP contribution < -0.4 is 0 Å². The van der Waals surface area contributed by atoms with Crippen LogP contribution in [0.1, 0.15) is 20.8 Å². The summed E-state index contributed by atoms with van der Waals surface area (Å²) < 4.78 is 2.78. The van der Waals surface area contributed by atoms with Crippen LogP contribution in [0.25, 0.3) is 26.4 Å². The number of carbonyl (C=O) groups is 2. The first-order chi connectivity index (χ1) is 14.1. The van der Waals surface area contributed by atoms with Crippen LogP contribution in [0.4, 0.5) is 0 Å². The molecule has 0 saturated heterocycles. The minimum Gasteiger partial charge on any atom is -0.285 e. The van der Waals surface area contributed by atoms with Crippen LogP contribution in [0.5, 0.6) is 0 Å². The number of Topliss-reactive ketones (excluding diaryl/α,β-unsaturated/α-hetero) is 2. The fourth-order valence-electron chi connectivity index (χ4n) is 3.39.